The van der Waals surface area contributed by atoms with Gasteiger partial charge in [-0.25, -0.2) is 17.5 Å². The Bertz CT molecular complexity index is 952. The van der Waals surface area contributed by atoms with Crippen molar-refractivity contribution in [3.8, 4) is 11.5 Å². The van der Waals surface area contributed by atoms with Crippen LogP contribution in [0.1, 0.15) is 18.4 Å². The highest BCUT2D eigenvalue weighted by atomic mass is 32.2. The zero-order valence-corrected chi connectivity index (χ0v) is 14.3. The zero-order chi connectivity index (χ0) is 17.9. The van der Waals surface area contributed by atoms with E-state index in [4.69, 9.17) is 4.42 Å². The van der Waals surface area contributed by atoms with Gasteiger partial charge in [-0.15, -0.1) is 10.2 Å². The third-order valence-electron chi connectivity index (χ3n) is 3.61. The Kier molecular flexibility index (Phi) is 4.91. The van der Waals surface area contributed by atoms with Gasteiger partial charge in [-0.2, -0.15) is 0 Å². The molecule has 0 bridgehead atoms. The molecular weight excluding hydrogens is 345 g/mol. The van der Waals surface area contributed by atoms with Gasteiger partial charge in [-0.3, -0.25) is 0 Å². The van der Waals surface area contributed by atoms with E-state index in [2.05, 4.69) is 14.9 Å². The lowest BCUT2D eigenvalue weighted by Crippen LogP contribution is -2.23. The summed E-state index contributed by atoms with van der Waals surface area (Å²) in [7, 11) is -3.67. The Morgan fingerprint density at radius 3 is 2.36 bits per heavy atom. The quantitative estimate of drug-likeness (QED) is 0.730. The van der Waals surface area contributed by atoms with Gasteiger partial charge in [0.1, 0.15) is 5.82 Å². The van der Waals surface area contributed by atoms with Crippen LogP contribution < -0.4 is 4.72 Å². The standard InChI is InChI=1S/C17H16FN3O3S/c1-2-12-3-9-15(10-4-12)25(22,23)19-11-16-20-21-17(24-16)13-5-7-14(18)8-6-13/h3-10,19H,2,11H2,1H3. The Labute approximate surface area is 144 Å². The van der Waals surface area contributed by atoms with E-state index in [0.717, 1.165) is 12.0 Å². The molecule has 0 saturated carbocycles. The fourth-order valence-electron chi connectivity index (χ4n) is 2.18. The predicted octanol–water partition coefficient (Wildman–Crippen LogP) is 2.92. The molecule has 8 heteroatoms. The van der Waals surface area contributed by atoms with Crippen LogP contribution >= 0.6 is 0 Å². The summed E-state index contributed by atoms with van der Waals surface area (Å²) in [6.45, 7) is 1.86. The van der Waals surface area contributed by atoms with Crippen LogP contribution in [0.3, 0.4) is 0 Å². The van der Waals surface area contributed by atoms with Gasteiger partial charge in [0.2, 0.25) is 21.8 Å². The van der Waals surface area contributed by atoms with Crippen molar-refractivity contribution in [2.75, 3.05) is 0 Å². The minimum Gasteiger partial charge on any atom is -0.419 e. The van der Waals surface area contributed by atoms with Gasteiger partial charge < -0.3 is 4.42 Å². The first kappa shape index (κ1) is 17.2. The van der Waals surface area contributed by atoms with Gasteiger partial charge in [0.15, 0.2) is 0 Å². The Morgan fingerprint density at radius 1 is 1.04 bits per heavy atom. The number of nitrogens with zero attached hydrogens (tertiary/aromatic N) is 2. The number of hydrogen-bond acceptors (Lipinski definition) is 5. The van der Waals surface area contributed by atoms with Gasteiger partial charge in [0, 0.05) is 5.56 Å². The Hall–Kier alpha value is -2.58. The number of hydrogen-bond donors (Lipinski definition) is 1. The van der Waals surface area contributed by atoms with Crippen LogP contribution in [0.2, 0.25) is 0 Å². The van der Waals surface area contributed by atoms with Crippen molar-refractivity contribution in [1.82, 2.24) is 14.9 Å². The first-order chi connectivity index (χ1) is 12.0. The molecule has 2 aromatic carbocycles. The molecule has 0 aliphatic heterocycles. The van der Waals surface area contributed by atoms with Crippen molar-refractivity contribution in [2.45, 2.75) is 24.8 Å². The Morgan fingerprint density at radius 2 is 1.72 bits per heavy atom. The summed E-state index contributed by atoms with van der Waals surface area (Å²) in [5.74, 6) is -0.0556. The van der Waals surface area contributed by atoms with Crippen LogP contribution in [0.25, 0.3) is 11.5 Å². The minimum absolute atomic E-state index is 0.119. The molecule has 0 aliphatic carbocycles. The van der Waals surface area contributed by atoms with Gasteiger partial charge in [-0.05, 0) is 48.4 Å². The van der Waals surface area contributed by atoms with E-state index in [-0.39, 0.29) is 29.0 Å². The number of aromatic nitrogens is 2. The molecule has 0 amide bonds. The second kappa shape index (κ2) is 7.12. The maximum atomic E-state index is 12.9. The summed E-state index contributed by atoms with van der Waals surface area (Å²) in [6, 6.07) is 12.2. The molecule has 0 aliphatic rings. The zero-order valence-electron chi connectivity index (χ0n) is 13.4. The van der Waals surface area contributed by atoms with E-state index in [9.17, 15) is 12.8 Å². The van der Waals surface area contributed by atoms with E-state index in [1.807, 2.05) is 6.92 Å². The molecule has 3 aromatic rings. The average Bonchev–Trinajstić information content (AvgIpc) is 3.10. The topological polar surface area (TPSA) is 85.1 Å². The molecule has 25 heavy (non-hydrogen) atoms. The summed E-state index contributed by atoms with van der Waals surface area (Å²) in [5, 5.41) is 7.64. The SMILES string of the molecule is CCc1ccc(S(=O)(=O)NCc2nnc(-c3ccc(F)cc3)o2)cc1. The molecule has 0 atom stereocenters. The van der Waals surface area contributed by atoms with Crippen molar-refractivity contribution < 1.29 is 17.2 Å². The van der Waals surface area contributed by atoms with Crippen molar-refractivity contribution in [3.05, 3.63) is 65.8 Å². The number of sulfonamides is 1. The van der Waals surface area contributed by atoms with E-state index in [0.29, 0.717) is 5.56 Å². The van der Waals surface area contributed by atoms with E-state index in [1.165, 1.54) is 24.3 Å². The third-order valence-corrected chi connectivity index (χ3v) is 5.03. The number of halogens is 1. The first-order valence-electron chi connectivity index (χ1n) is 7.65. The minimum atomic E-state index is -3.67. The van der Waals surface area contributed by atoms with E-state index < -0.39 is 10.0 Å². The van der Waals surface area contributed by atoms with Gasteiger partial charge >= 0.3 is 0 Å². The van der Waals surface area contributed by atoms with Crippen LogP contribution in [-0.4, -0.2) is 18.6 Å². The molecule has 0 spiro atoms. The largest absolute Gasteiger partial charge is 0.419 e. The molecule has 0 radical (unpaired) electrons. The molecule has 1 heterocycles. The highest BCUT2D eigenvalue weighted by Crippen LogP contribution is 2.18. The molecule has 1 aromatic heterocycles. The first-order valence-corrected chi connectivity index (χ1v) is 9.13. The van der Waals surface area contributed by atoms with E-state index in [1.54, 1.807) is 24.3 Å². The van der Waals surface area contributed by atoms with Crippen LogP contribution in [0, 0.1) is 5.82 Å². The van der Waals surface area contributed by atoms with Gasteiger partial charge in [-0.1, -0.05) is 19.1 Å². The number of benzene rings is 2. The van der Waals surface area contributed by atoms with Gasteiger partial charge in [0.05, 0.1) is 11.4 Å². The van der Waals surface area contributed by atoms with Crippen LogP contribution in [0.4, 0.5) is 4.39 Å². The maximum absolute atomic E-state index is 12.9. The van der Waals surface area contributed by atoms with Crippen molar-refractivity contribution in [1.29, 1.82) is 0 Å². The highest BCUT2D eigenvalue weighted by molar-refractivity contribution is 7.89. The molecule has 3 rings (SSSR count). The summed E-state index contributed by atoms with van der Waals surface area (Å²) >= 11 is 0. The number of nitrogens with one attached hydrogen (secondary N) is 1. The highest BCUT2D eigenvalue weighted by Gasteiger charge is 2.16. The van der Waals surface area contributed by atoms with Crippen molar-refractivity contribution >= 4 is 10.0 Å². The second-order valence-electron chi connectivity index (χ2n) is 5.33. The lowest BCUT2D eigenvalue weighted by molar-refractivity contribution is 0.494. The lowest BCUT2D eigenvalue weighted by Gasteiger charge is -2.05. The summed E-state index contributed by atoms with van der Waals surface area (Å²) in [6.07, 6.45) is 0.835. The molecule has 0 saturated heterocycles. The molecule has 6 nitrogen and oxygen atoms in total. The number of rotatable bonds is 6. The maximum Gasteiger partial charge on any atom is 0.247 e. The summed E-state index contributed by atoms with van der Waals surface area (Å²) in [4.78, 5) is 0.169. The third kappa shape index (κ3) is 4.09. The molecular formula is C17H16FN3O3S. The fourth-order valence-corrected chi connectivity index (χ4v) is 3.15. The van der Waals surface area contributed by atoms with Crippen molar-refractivity contribution in [2.24, 2.45) is 0 Å². The average molecular weight is 361 g/mol. The summed E-state index contributed by atoms with van der Waals surface area (Å²) < 4.78 is 45.3. The van der Waals surface area contributed by atoms with E-state index >= 15 is 0 Å². The van der Waals surface area contributed by atoms with Crippen molar-refractivity contribution in [3.63, 3.8) is 0 Å². The fraction of sp³-hybridized carbons (Fsp3) is 0.176. The van der Waals surface area contributed by atoms with Gasteiger partial charge in [0.25, 0.3) is 0 Å². The second-order valence-corrected chi connectivity index (χ2v) is 7.10. The number of aryl methyl sites for hydroxylation is 1. The van der Waals surface area contributed by atoms with Crippen LogP contribution in [0.15, 0.2) is 57.8 Å². The van der Waals surface area contributed by atoms with Crippen LogP contribution in [0.5, 0.6) is 0 Å². The smallest absolute Gasteiger partial charge is 0.247 e. The van der Waals surface area contributed by atoms with Crippen LogP contribution in [-0.2, 0) is 23.0 Å². The molecule has 1 N–H and O–H groups in total. The summed E-state index contributed by atoms with van der Waals surface area (Å²) in [5.41, 5.74) is 1.61. The monoisotopic (exact) mass is 361 g/mol. The Balaban J connectivity index is 1.69. The normalized spacial score (nSPS) is 11.6. The molecule has 0 fully saturated rings. The molecule has 0 unspecified atom stereocenters. The molecule has 130 valence electrons. The predicted molar refractivity (Wildman–Crippen MR) is 89.5 cm³/mol. The lowest BCUT2D eigenvalue weighted by atomic mass is 10.2.